The van der Waals surface area contributed by atoms with Gasteiger partial charge in [0.1, 0.15) is 0 Å². The van der Waals surface area contributed by atoms with Gasteiger partial charge in [0.15, 0.2) is 0 Å². The van der Waals surface area contributed by atoms with E-state index in [0.717, 1.165) is 0 Å². The molecule has 0 heterocycles. The van der Waals surface area contributed by atoms with E-state index in [-0.39, 0.29) is 5.57 Å². The van der Waals surface area contributed by atoms with Gasteiger partial charge in [-0.3, -0.25) is 9.59 Å². The molecule has 1 aliphatic carbocycles. The fraction of sp³-hybridized carbons (Fsp3) is 0.167. The summed E-state index contributed by atoms with van der Waals surface area (Å²) in [6.07, 6.45) is 0.666. The third kappa shape index (κ3) is 1.51. The van der Waals surface area contributed by atoms with Gasteiger partial charge >= 0.3 is 0 Å². The number of benzene rings is 1. The van der Waals surface area contributed by atoms with Crippen molar-refractivity contribution in [1.82, 2.24) is 0 Å². The second-order valence-electron chi connectivity index (χ2n) is 3.52. The highest BCUT2D eigenvalue weighted by atomic mass is 16.3. The number of hydrogen-bond donors (Lipinski definition) is 1. The van der Waals surface area contributed by atoms with Crippen LogP contribution in [0.15, 0.2) is 29.8 Å². The first-order valence-corrected chi connectivity index (χ1v) is 4.69. The van der Waals surface area contributed by atoms with Crippen molar-refractivity contribution in [2.24, 2.45) is 0 Å². The van der Waals surface area contributed by atoms with Crippen LogP contribution in [0.2, 0.25) is 0 Å². The van der Waals surface area contributed by atoms with Gasteiger partial charge in [0, 0.05) is 11.1 Å². The fourth-order valence-electron chi connectivity index (χ4n) is 1.63. The monoisotopic (exact) mass is 202 g/mol. The Morgan fingerprint density at radius 1 is 1.13 bits per heavy atom. The average Bonchev–Trinajstić information content (AvgIpc) is 2.23. The van der Waals surface area contributed by atoms with Crippen LogP contribution in [0.5, 0.6) is 0 Å². The Hall–Kier alpha value is -1.74. The van der Waals surface area contributed by atoms with E-state index in [2.05, 4.69) is 0 Å². The fourth-order valence-corrected chi connectivity index (χ4v) is 1.63. The van der Waals surface area contributed by atoms with Crippen LogP contribution < -0.4 is 0 Å². The van der Waals surface area contributed by atoms with Crippen molar-refractivity contribution >= 4 is 17.6 Å². The van der Waals surface area contributed by atoms with Crippen LogP contribution in [0.4, 0.5) is 0 Å². The summed E-state index contributed by atoms with van der Waals surface area (Å²) in [7, 11) is 0. The van der Waals surface area contributed by atoms with E-state index in [4.69, 9.17) is 0 Å². The standard InChI is InChI=1S/C12H10O3/c1-7(13)10-6-8-4-2-3-5-9(8)11(14)12(10)15/h2-7,13H,1H3. The van der Waals surface area contributed by atoms with Crippen LogP contribution in [0.25, 0.3) is 6.08 Å². The van der Waals surface area contributed by atoms with E-state index in [0.29, 0.717) is 11.1 Å². The minimum atomic E-state index is -0.908. The van der Waals surface area contributed by atoms with Gasteiger partial charge < -0.3 is 5.11 Å². The zero-order valence-corrected chi connectivity index (χ0v) is 8.23. The molecule has 0 saturated heterocycles. The topological polar surface area (TPSA) is 54.4 Å². The highest BCUT2D eigenvalue weighted by Gasteiger charge is 2.29. The molecule has 1 aromatic rings. The largest absolute Gasteiger partial charge is 0.389 e. The second kappa shape index (κ2) is 3.44. The summed E-state index contributed by atoms with van der Waals surface area (Å²) in [4.78, 5) is 23.2. The van der Waals surface area contributed by atoms with E-state index < -0.39 is 17.7 Å². The first-order chi connectivity index (χ1) is 7.11. The number of Topliss-reactive ketones (excluding diaryl/α,β-unsaturated/α-hetero) is 2. The van der Waals surface area contributed by atoms with E-state index in [9.17, 15) is 14.7 Å². The molecule has 1 aromatic carbocycles. The summed E-state index contributed by atoms with van der Waals surface area (Å²) in [6.45, 7) is 1.48. The molecule has 1 atom stereocenters. The lowest BCUT2D eigenvalue weighted by molar-refractivity contribution is -0.112. The predicted octanol–water partition coefficient (Wildman–Crippen LogP) is 1.22. The average molecular weight is 202 g/mol. The molecule has 0 aliphatic heterocycles. The molecule has 1 aliphatic rings. The smallest absolute Gasteiger partial charge is 0.233 e. The highest BCUT2D eigenvalue weighted by molar-refractivity contribution is 6.51. The number of ketones is 2. The van der Waals surface area contributed by atoms with Crippen molar-refractivity contribution in [2.45, 2.75) is 13.0 Å². The van der Waals surface area contributed by atoms with Crippen LogP contribution in [0, 0.1) is 0 Å². The van der Waals surface area contributed by atoms with E-state index in [1.54, 1.807) is 30.3 Å². The summed E-state index contributed by atoms with van der Waals surface area (Å²) in [5.74, 6) is -1.15. The Kier molecular flexibility index (Phi) is 2.25. The molecule has 0 bridgehead atoms. The number of carbonyl (C=O) groups is 2. The van der Waals surface area contributed by atoms with Crippen molar-refractivity contribution in [2.75, 3.05) is 0 Å². The number of aliphatic hydroxyl groups is 1. The maximum atomic E-state index is 11.6. The van der Waals surface area contributed by atoms with Gasteiger partial charge in [0.25, 0.3) is 0 Å². The normalized spacial score (nSPS) is 17.1. The molecule has 0 fully saturated rings. The van der Waals surface area contributed by atoms with Gasteiger partial charge in [0.2, 0.25) is 11.6 Å². The summed E-state index contributed by atoms with van der Waals surface area (Å²) < 4.78 is 0. The lowest BCUT2D eigenvalue weighted by Crippen LogP contribution is -2.26. The van der Waals surface area contributed by atoms with Crippen molar-refractivity contribution in [3.8, 4) is 0 Å². The molecule has 15 heavy (non-hydrogen) atoms. The second-order valence-corrected chi connectivity index (χ2v) is 3.52. The van der Waals surface area contributed by atoms with Crippen LogP contribution in [-0.4, -0.2) is 22.8 Å². The number of fused-ring (bicyclic) bond motifs is 1. The third-order valence-electron chi connectivity index (χ3n) is 2.43. The van der Waals surface area contributed by atoms with Crippen molar-refractivity contribution in [3.63, 3.8) is 0 Å². The Bertz CT molecular complexity index is 470. The minimum absolute atomic E-state index is 0.165. The predicted molar refractivity (Wildman–Crippen MR) is 55.4 cm³/mol. The summed E-state index contributed by atoms with van der Waals surface area (Å²) >= 11 is 0. The first-order valence-electron chi connectivity index (χ1n) is 4.69. The van der Waals surface area contributed by atoms with Crippen molar-refractivity contribution < 1.29 is 14.7 Å². The molecular weight excluding hydrogens is 192 g/mol. The van der Waals surface area contributed by atoms with Crippen molar-refractivity contribution in [3.05, 3.63) is 41.0 Å². The van der Waals surface area contributed by atoms with Crippen LogP contribution in [0.3, 0.4) is 0 Å². The van der Waals surface area contributed by atoms with Crippen LogP contribution in [0.1, 0.15) is 22.8 Å². The minimum Gasteiger partial charge on any atom is -0.389 e. The zero-order chi connectivity index (χ0) is 11.0. The quantitative estimate of drug-likeness (QED) is 0.696. The van der Waals surface area contributed by atoms with E-state index in [1.165, 1.54) is 6.92 Å². The Morgan fingerprint density at radius 3 is 2.47 bits per heavy atom. The molecule has 1 N–H and O–H groups in total. The maximum absolute atomic E-state index is 11.6. The molecule has 0 aromatic heterocycles. The van der Waals surface area contributed by atoms with Crippen LogP contribution in [-0.2, 0) is 4.79 Å². The maximum Gasteiger partial charge on any atom is 0.233 e. The molecule has 2 rings (SSSR count). The van der Waals surface area contributed by atoms with Gasteiger partial charge in [-0.05, 0) is 18.6 Å². The zero-order valence-electron chi connectivity index (χ0n) is 8.23. The molecular formula is C12H10O3. The van der Waals surface area contributed by atoms with Gasteiger partial charge in [0.05, 0.1) is 6.10 Å². The molecule has 3 nitrogen and oxygen atoms in total. The molecule has 0 amide bonds. The number of carbonyl (C=O) groups excluding carboxylic acids is 2. The molecule has 1 unspecified atom stereocenters. The third-order valence-corrected chi connectivity index (χ3v) is 2.43. The number of aliphatic hydroxyl groups excluding tert-OH is 1. The molecule has 0 spiro atoms. The lowest BCUT2D eigenvalue weighted by Gasteiger charge is -2.15. The first kappa shape index (κ1) is 9.80. The molecule has 0 radical (unpaired) electrons. The van der Waals surface area contributed by atoms with Gasteiger partial charge in [-0.2, -0.15) is 0 Å². The lowest BCUT2D eigenvalue weighted by atomic mass is 9.88. The van der Waals surface area contributed by atoms with E-state index in [1.807, 2.05) is 0 Å². The summed E-state index contributed by atoms with van der Waals surface area (Å²) in [5, 5.41) is 9.35. The molecule has 3 heteroatoms. The van der Waals surface area contributed by atoms with Crippen molar-refractivity contribution in [1.29, 1.82) is 0 Å². The number of hydrogen-bond acceptors (Lipinski definition) is 3. The number of rotatable bonds is 1. The summed E-state index contributed by atoms with van der Waals surface area (Å²) in [6, 6.07) is 6.87. The molecule has 0 saturated carbocycles. The van der Waals surface area contributed by atoms with Crippen LogP contribution >= 0.6 is 0 Å². The van der Waals surface area contributed by atoms with Gasteiger partial charge in [-0.25, -0.2) is 0 Å². The molecule has 76 valence electrons. The van der Waals surface area contributed by atoms with Gasteiger partial charge in [-0.1, -0.05) is 24.3 Å². The summed E-state index contributed by atoms with van der Waals surface area (Å²) in [5.41, 5.74) is 1.27. The van der Waals surface area contributed by atoms with Gasteiger partial charge in [-0.15, -0.1) is 0 Å². The Balaban J connectivity index is 2.62. The Labute approximate surface area is 87.0 Å². The van der Waals surface area contributed by atoms with E-state index >= 15 is 0 Å². The highest BCUT2D eigenvalue weighted by Crippen LogP contribution is 2.23. The SMILES string of the molecule is CC(O)C1=Cc2ccccc2C(=O)C1=O. The Morgan fingerprint density at radius 2 is 1.80 bits per heavy atom.